The van der Waals surface area contributed by atoms with Gasteiger partial charge in [-0.05, 0) is 37.3 Å². The molecule has 5 heteroatoms. The Morgan fingerprint density at radius 3 is 2.74 bits per heavy atom. The first-order valence-electron chi connectivity index (χ1n) is 6.63. The Morgan fingerprint density at radius 1 is 1.37 bits per heavy atom. The van der Waals surface area contributed by atoms with Crippen molar-refractivity contribution in [1.29, 1.82) is 0 Å². The highest BCUT2D eigenvalue weighted by molar-refractivity contribution is 6.00. The molecule has 1 aromatic rings. The number of primary amides is 1. The Kier molecular flexibility index (Phi) is 2.59. The third-order valence-electron chi connectivity index (χ3n) is 4.05. The zero-order valence-electron chi connectivity index (χ0n) is 11.0. The maximum absolute atomic E-state index is 12.5. The highest BCUT2D eigenvalue weighted by atomic mass is 16.2. The fourth-order valence-corrected chi connectivity index (χ4v) is 2.50. The van der Waals surface area contributed by atoms with Gasteiger partial charge in [-0.15, -0.1) is 0 Å². The molecular formula is C14H17N3O2. The third kappa shape index (κ3) is 1.99. The highest BCUT2D eigenvalue weighted by Gasteiger charge is 2.48. The number of aryl methyl sites for hydroxylation is 1. The number of hydrogen-bond acceptors (Lipinski definition) is 3. The molecule has 2 N–H and O–H groups in total. The van der Waals surface area contributed by atoms with Crippen molar-refractivity contribution in [2.24, 2.45) is 11.1 Å². The molecule has 100 valence electrons. The zero-order chi connectivity index (χ0) is 13.6. The molecule has 1 aromatic heterocycles. The number of anilines is 1. The summed E-state index contributed by atoms with van der Waals surface area (Å²) in [6.07, 6.45) is 3.70. The molecule has 2 amide bonds. The second-order valence-electron chi connectivity index (χ2n) is 5.66. The van der Waals surface area contributed by atoms with Crippen LogP contribution in [0.25, 0.3) is 0 Å². The van der Waals surface area contributed by atoms with Gasteiger partial charge in [-0.25, -0.2) is 4.98 Å². The van der Waals surface area contributed by atoms with Crippen LogP contribution >= 0.6 is 0 Å². The Morgan fingerprint density at radius 2 is 2.11 bits per heavy atom. The van der Waals surface area contributed by atoms with Gasteiger partial charge in [-0.3, -0.25) is 14.5 Å². The third-order valence-corrected chi connectivity index (χ3v) is 4.05. The van der Waals surface area contributed by atoms with Crippen molar-refractivity contribution in [1.82, 2.24) is 4.98 Å². The molecule has 3 rings (SSSR count). The summed E-state index contributed by atoms with van der Waals surface area (Å²) in [6.45, 7) is 2.66. The van der Waals surface area contributed by atoms with Gasteiger partial charge in [0.15, 0.2) is 0 Å². The standard InChI is InChI=1S/C14H17N3O2/c1-14(6-7-14)13(19)17-8-2-3-9-4-5-10(11(15)18)16-12(9)17/h4-5H,2-3,6-8H2,1H3,(H2,15,18). The molecule has 2 heterocycles. The number of rotatable bonds is 2. The molecule has 1 fully saturated rings. The van der Waals surface area contributed by atoms with Crippen molar-refractivity contribution >= 4 is 17.6 Å². The van der Waals surface area contributed by atoms with E-state index in [0.29, 0.717) is 12.4 Å². The SMILES string of the molecule is CC1(C(=O)N2CCCc3ccc(C(N)=O)nc32)CC1. The second kappa shape index (κ2) is 4.05. The van der Waals surface area contributed by atoms with Gasteiger partial charge in [0.25, 0.3) is 5.91 Å². The van der Waals surface area contributed by atoms with E-state index in [-0.39, 0.29) is 17.0 Å². The molecule has 1 aliphatic carbocycles. The predicted molar refractivity (Wildman–Crippen MR) is 70.8 cm³/mol. The van der Waals surface area contributed by atoms with Crippen LogP contribution in [0.5, 0.6) is 0 Å². The van der Waals surface area contributed by atoms with Gasteiger partial charge in [0.05, 0.1) is 0 Å². The van der Waals surface area contributed by atoms with Crippen LogP contribution in [0.4, 0.5) is 5.82 Å². The van der Waals surface area contributed by atoms with E-state index in [1.807, 2.05) is 13.0 Å². The molecular weight excluding hydrogens is 242 g/mol. The molecule has 0 spiro atoms. The van der Waals surface area contributed by atoms with Gasteiger partial charge in [0, 0.05) is 12.0 Å². The molecule has 0 aromatic carbocycles. The molecule has 2 aliphatic rings. The summed E-state index contributed by atoms with van der Waals surface area (Å²) in [4.78, 5) is 29.7. The number of pyridine rings is 1. The van der Waals surface area contributed by atoms with Crippen LogP contribution in [0.2, 0.25) is 0 Å². The summed E-state index contributed by atoms with van der Waals surface area (Å²) in [6, 6.07) is 3.49. The Labute approximate surface area is 111 Å². The maximum Gasteiger partial charge on any atom is 0.267 e. The molecule has 0 radical (unpaired) electrons. The first kappa shape index (κ1) is 12.1. The van der Waals surface area contributed by atoms with Gasteiger partial charge >= 0.3 is 0 Å². The molecule has 0 saturated heterocycles. The minimum absolute atomic E-state index is 0.127. The number of nitrogens with zero attached hydrogens (tertiary/aromatic N) is 2. The number of fused-ring (bicyclic) bond motifs is 1. The largest absolute Gasteiger partial charge is 0.364 e. The Hall–Kier alpha value is -1.91. The number of aromatic nitrogens is 1. The Balaban J connectivity index is 2.00. The summed E-state index contributed by atoms with van der Waals surface area (Å²) < 4.78 is 0. The monoisotopic (exact) mass is 259 g/mol. The second-order valence-corrected chi connectivity index (χ2v) is 5.66. The smallest absolute Gasteiger partial charge is 0.267 e. The van der Waals surface area contributed by atoms with Crippen molar-refractivity contribution in [2.45, 2.75) is 32.6 Å². The molecule has 1 aliphatic heterocycles. The predicted octanol–water partition coefficient (Wildman–Crippen LogP) is 1.26. The zero-order valence-corrected chi connectivity index (χ0v) is 11.0. The first-order valence-corrected chi connectivity index (χ1v) is 6.63. The lowest BCUT2D eigenvalue weighted by molar-refractivity contribution is -0.123. The van der Waals surface area contributed by atoms with Crippen LogP contribution in [0.3, 0.4) is 0 Å². The molecule has 0 atom stereocenters. The molecule has 1 saturated carbocycles. The highest BCUT2D eigenvalue weighted by Crippen LogP contribution is 2.47. The van der Waals surface area contributed by atoms with Crippen LogP contribution < -0.4 is 10.6 Å². The number of hydrogen-bond donors (Lipinski definition) is 1. The van der Waals surface area contributed by atoms with Crippen molar-refractivity contribution in [2.75, 3.05) is 11.4 Å². The fraction of sp³-hybridized carbons (Fsp3) is 0.500. The van der Waals surface area contributed by atoms with E-state index >= 15 is 0 Å². The van der Waals surface area contributed by atoms with Crippen LogP contribution in [0, 0.1) is 5.41 Å². The van der Waals surface area contributed by atoms with Gasteiger partial charge in [-0.2, -0.15) is 0 Å². The Bertz CT molecular complexity index is 564. The first-order chi connectivity index (χ1) is 9.01. The average molecular weight is 259 g/mol. The van der Waals surface area contributed by atoms with Crippen LogP contribution in [-0.4, -0.2) is 23.3 Å². The van der Waals surface area contributed by atoms with E-state index < -0.39 is 5.91 Å². The lowest BCUT2D eigenvalue weighted by atomic mass is 10.0. The summed E-state index contributed by atoms with van der Waals surface area (Å²) in [5, 5.41) is 0. The van der Waals surface area contributed by atoms with E-state index in [9.17, 15) is 9.59 Å². The van der Waals surface area contributed by atoms with E-state index in [1.165, 1.54) is 0 Å². The van der Waals surface area contributed by atoms with E-state index in [0.717, 1.165) is 31.2 Å². The van der Waals surface area contributed by atoms with Crippen LogP contribution in [0.1, 0.15) is 42.2 Å². The lowest BCUT2D eigenvalue weighted by Crippen LogP contribution is -2.40. The van der Waals surface area contributed by atoms with E-state index in [1.54, 1.807) is 11.0 Å². The van der Waals surface area contributed by atoms with Crippen molar-refractivity contribution < 1.29 is 9.59 Å². The summed E-state index contributed by atoms with van der Waals surface area (Å²) in [5.41, 5.74) is 6.28. The average Bonchev–Trinajstić information content (AvgIpc) is 3.16. The van der Waals surface area contributed by atoms with Crippen molar-refractivity contribution in [3.63, 3.8) is 0 Å². The van der Waals surface area contributed by atoms with Crippen LogP contribution in [0.15, 0.2) is 12.1 Å². The van der Waals surface area contributed by atoms with Gasteiger partial charge in [-0.1, -0.05) is 13.0 Å². The van der Waals surface area contributed by atoms with Gasteiger partial charge < -0.3 is 5.73 Å². The minimum Gasteiger partial charge on any atom is -0.364 e. The van der Waals surface area contributed by atoms with Gasteiger partial charge in [0.2, 0.25) is 5.91 Å². The summed E-state index contributed by atoms with van der Waals surface area (Å²) >= 11 is 0. The maximum atomic E-state index is 12.5. The summed E-state index contributed by atoms with van der Waals surface area (Å²) in [7, 11) is 0. The number of carbonyl (C=O) groups excluding carboxylic acids is 2. The quantitative estimate of drug-likeness (QED) is 0.868. The molecule has 19 heavy (non-hydrogen) atoms. The summed E-state index contributed by atoms with van der Waals surface area (Å²) in [5.74, 6) is 0.196. The topological polar surface area (TPSA) is 76.3 Å². The van der Waals surface area contributed by atoms with Crippen molar-refractivity contribution in [3.05, 3.63) is 23.4 Å². The van der Waals surface area contributed by atoms with E-state index in [4.69, 9.17) is 5.73 Å². The number of nitrogens with two attached hydrogens (primary N) is 1. The lowest BCUT2D eigenvalue weighted by Gasteiger charge is -2.30. The number of amides is 2. The van der Waals surface area contributed by atoms with Crippen molar-refractivity contribution in [3.8, 4) is 0 Å². The normalized spacial score (nSPS) is 19.7. The molecule has 0 unspecified atom stereocenters. The van der Waals surface area contributed by atoms with E-state index in [2.05, 4.69) is 4.98 Å². The molecule has 0 bridgehead atoms. The number of carbonyl (C=O) groups is 2. The van der Waals surface area contributed by atoms with Crippen LogP contribution in [-0.2, 0) is 11.2 Å². The molecule has 5 nitrogen and oxygen atoms in total. The fourth-order valence-electron chi connectivity index (χ4n) is 2.50. The van der Waals surface area contributed by atoms with Gasteiger partial charge in [0.1, 0.15) is 11.5 Å². The minimum atomic E-state index is -0.557.